The zero-order valence-corrected chi connectivity index (χ0v) is 14.2. The van der Waals surface area contributed by atoms with Crippen LogP contribution in [0.15, 0.2) is 36.5 Å². The maximum atomic E-state index is 8.88. The first-order chi connectivity index (χ1) is 11.8. The normalized spacial score (nSPS) is 14.7. The van der Waals surface area contributed by atoms with Gasteiger partial charge in [0.2, 0.25) is 0 Å². The standard InChI is InChI=1S/C20H25N2O2/c1-16-6-7-18(24-13-5-12-23)15-19(16)17-8-9-21-20(14-17)22-10-3-2-4-11-22/h2,6-9,14-15,23H,3-5,10-13H2,1H3. The minimum Gasteiger partial charge on any atom is -0.493 e. The molecule has 0 saturated carbocycles. The van der Waals surface area contributed by atoms with Crippen LogP contribution in [0.25, 0.3) is 11.1 Å². The van der Waals surface area contributed by atoms with Gasteiger partial charge in [-0.05, 0) is 67.1 Å². The molecule has 1 aliphatic rings. The van der Waals surface area contributed by atoms with E-state index < -0.39 is 0 Å². The fourth-order valence-electron chi connectivity index (χ4n) is 2.99. The van der Waals surface area contributed by atoms with Crippen molar-refractivity contribution in [3.05, 3.63) is 48.5 Å². The monoisotopic (exact) mass is 325 g/mol. The molecule has 0 atom stereocenters. The molecule has 1 saturated heterocycles. The molecule has 1 N–H and O–H groups in total. The first-order valence-electron chi connectivity index (χ1n) is 8.65. The number of aliphatic hydroxyl groups excluding tert-OH is 1. The van der Waals surface area contributed by atoms with E-state index in [0.29, 0.717) is 13.0 Å². The van der Waals surface area contributed by atoms with E-state index in [0.717, 1.165) is 37.5 Å². The number of aromatic nitrogens is 1. The largest absolute Gasteiger partial charge is 0.493 e. The van der Waals surface area contributed by atoms with Gasteiger partial charge in [0, 0.05) is 32.3 Å². The summed E-state index contributed by atoms with van der Waals surface area (Å²) in [6.45, 7) is 4.88. The van der Waals surface area contributed by atoms with Crippen molar-refractivity contribution in [3.63, 3.8) is 0 Å². The number of anilines is 1. The molecule has 1 fully saturated rings. The van der Waals surface area contributed by atoms with Crippen LogP contribution in [0.4, 0.5) is 5.82 Å². The van der Waals surface area contributed by atoms with Crippen molar-refractivity contribution in [3.8, 4) is 16.9 Å². The highest BCUT2D eigenvalue weighted by Crippen LogP contribution is 2.30. The average molecular weight is 325 g/mol. The van der Waals surface area contributed by atoms with Gasteiger partial charge in [-0.3, -0.25) is 0 Å². The van der Waals surface area contributed by atoms with Crippen LogP contribution in [0.3, 0.4) is 0 Å². The number of rotatable bonds is 6. The molecule has 0 spiro atoms. The van der Waals surface area contributed by atoms with E-state index >= 15 is 0 Å². The number of piperidine rings is 1. The summed E-state index contributed by atoms with van der Waals surface area (Å²) >= 11 is 0. The summed E-state index contributed by atoms with van der Waals surface area (Å²) in [5.41, 5.74) is 3.55. The SMILES string of the molecule is Cc1ccc(OCCCO)cc1-c1ccnc(N2CC[CH]CC2)c1. The highest BCUT2D eigenvalue weighted by atomic mass is 16.5. The Balaban J connectivity index is 1.83. The summed E-state index contributed by atoms with van der Waals surface area (Å²) < 4.78 is 5.72. The first-order valence-corrected chi connectivity index (χ1v) is 8.65. The van der Waals surface area contributed by atoms with Gasteiger partial charge < -0.3 is 14.7 Å². The van der Waals surface area contributed by atoms with E-state index in [1.165, 1.54) is 16.7 Å². The molecule has 1 aromatic heterocycles. The van der Waals surface area contributed by atoms with Gasteiger partial charge in [0.15, 0.2) is 0 Å². The molecule has 4 nitrogen and oxygen atoms in total. The molecule has 3 rings (SSSR count). The highest BCUT2D eigenvalue weighted by molar-refractivity contribution is 5.71. The zero-order valence-electron chi connectivity index (χ0n) is 14.2. The lowest BCUT2D eigenvalue weighted by atomic mass is 10.0. The van der Waals surface area contributed by atoms with Crippen molar-refractivity contribution in [2.75, 3.05) is 31.2 Å². The Labute approximate surface area is 144 Å². The second-order valence-corrected chi connectivity index (χ2v) is 6.16. The number of hydrogen-bond donors (Lipinski definition) is 1. The molecule has 2 aromatic rings. The Morgan fingerprint density at radius 3 is 2.79 bits per heavy atom. The van der Waals surface area contributed by atoms with Crippen molar-refractivity contribution < 1.29 is 9.84 Å². The second-order valence-electron chi connectivity index (χ2n) is 6.16. The van der Waals surface area contributed by atoms with E-state index in [9.17, 15) is 0 Å². The molecule has 0 bridgehead atoms. The van der Waals surface area contributed by atoms with Crippen LogP contribution in [0.5, 0.6) is 5.75 Å². The molecule has 24 heavy (non-hydrogen) atoms. The van der Waals surface area contributed by atoms with E-state index in [1.807, 2.05) is 12.3 Å². The summed E-state index contributed by atoms with van der Waals surface area (Å²) in [5, 5.41) is 8.88. The van der Waals surface area contributed by atoms with Gasteiger partial charge in [-0.1, -0.05) is 6.07 Å². The van der Waals surface area contributed by atoms with Gasteiger partial charge in [-0.15, -0.1) is 0 Å². The molecule has 0 unspecified atom stereocenters. The van der Waals surface area contributed by atoms with E-state index in [-0.39, 0.29) is 6.61 Å². The molecular weight excluding hydrogens is 300 g/mol. The molecule has 2 heterocycles. The predicted octanol–water partition coefficient (Wildman–Crippen LogP) is 3.62. The minimum atomic E-state index is 0.152. The number of pyridine rings is 1. The molecule has 1 aliphatic heterocycles. The topological polar surface area (TPSA) is 45.6 Å². The van der Waals surface area contributed by atoms with E-state index in [2.05, 4.69) is 47.5 Å². The first kappa shape index (κ1) is 16.8. The summed E-state index contributed by atoms with van der Waals surface area (Å²) in [7, 11) is 0. The Bertz CT molecular complexity index is 666. The van der Waals surface area contributed by atoms with E-state index in [1.54, 1.807) is 0 Å². The van der Waals surface area contributed by atoms with Crippen molar-refractivity contribution in [2.24, 2.45) is 0 Å². The lowest BCUT2D eigenvalue weighted by molar-refractivity contribution is 0.233. The Morgan fingerprint density at radius 2 is 2.00 bits per heavy atom. The Kier molecular flexibility index (Phi) is 5.70. The Morgan fingerprint density at radius 1 is 1.17 bits per heavy atom. The summed E-state index contributed by atoms with van der Waals surface area (Å²) in [5.74, 6) is 1.89. The Hall–Kier alpha value is -2.07. The lowest BCUT2D eigenvalue weighted by Crippen LogP contribution is -2.30. The van der Waals surface area contributed by atoms with Gasteiger partial charge in [0.25, 0.3) is 0 Å². The number of ether oxygens (including phenoxy) is 1. The van der Waals surface area contributed by atoms with Gasteiger partial charge in [-0.2, -0.15) is 0 Å². The van der Waals surface area contributed by atoms with Crippen molar-refractivity contribution >= 4 is 5.82 Å². The van der Waals surface area contributed by atoms with Crippen LogP contribution in [0.1, 0.15) is 24.8 Å². The van der Waals surface area contributed by atoms with Gasteiger partial charge in [0.1, 0.15) is 11.6 Å². The highest BCUT2D eigenvalue weighted by Gasteiger charge is 2.13. The molecular formula is C20H25N2O2. The van der Waals surface area contributed by atoms with Crippen LogP contribution in [-0.4, -0.2) is 36.4 Å². The van der Waals surface area contributed by atoms with Gasteiger partial charge >= 0.3 is 0 Å². The number of benzene rings is 1. The fraction of sp³-hybridized carbons (Fsp3) is 0.400. The number of aliphatic hydroxyl groups is 1. The maximum Gasteiger partial charge on any atom is 0.129 e. The number of nitrogens with zero attached hydrogens (tertiary/aromatic N) is 2. The summed E-state index contributed by atoms with van der Waals surface area (Å²) in [4.78, 5) is 6.90. The maximum absolute atomic E-state index is 8.88. The number of hydrogen-bond acceptors (Lipinski definition) is 4. The van der Waals surface area contributed by atoms with Crippen molar-refractivity contribution in [1.29, 1.82) is 0 Å². The van der Waals surface area contributed by atoms with Crippen LogP contribution in [0.2, 0.25) is 0 Å². The van der Waals surface area contributed by atoms with Crippen LogP contribution in [0, 0.1) is 13.3 Å². The molecule has 4 heteroatoms. The molecule has 0 aliphatic carbocycles. The predicted molar refractivity (Wildman–Crippen MR) is 97.4 cm³/mol. The third-order valence-electron chi connectivity index (χ3n) is 4.37. The molecule has 0 amide bonds. The van der Waals surface area contributed by atoms with Crippen LogP contribution >= 0.6 is 0 Å². The van der Waals surface area contributed by atoms with Crippen molar-refractivity contribution in [2.45, 2.75) is 26.2 Å². The van der Waals surface area contributed by atoms with Crippen molar-refractivity contribution in [1.82, 2.24) is 4.98 Å². The summed E-state index contributed by atoms with van der Waals surface area (Å²) in [6.07, 6.45) is 7.13. The quantitative estimate of drug-likeness (QED) is 0.824. The molecule has 1 radical (unpaired) electrons. The molecule has 127 valence electrons. The zero-order chi connectivity index (χ0) is 16.8. The van der Waals surface area contributed by atoms with Crippen LogP contribution in [-0.2, 0) is 0 Å². The third-order valence-corrected chi connectivity index (χ3v) is 4.37. The van der Waals surface area contributed by atoms with E-state index in [4.69, 9.17) is 9.84 Å². The van der Waals surface area contributed by atoms with Gasteiger partial charge in [-0.25, -0.2) is 4.98 Å². The average Bonchev–Trinajstić information content (AvgIpc) is 2.64. The summed E-state index contributed by atoms with van der Waals surface area (Å²) in [6, 6.07) is 10.4. The van der Waals surface area contributed by atoms with Gasteiger partial charge in [0.05, 0.1) is 6.61 Å². The second kappa shape index (κ2) is 8.15. The smallest absolute Gasteiger partial charge is 0.129 e. The van der Waals surface area contributed by atoms with Crippen LogP contribution < -0.4 is 9.64 Å². The minimum absolute atomic E-state index is 0.152. The third kappa shape index (κ3) is 4.06. The molecule has 1 aromatic carbocycles. The lowest BCUT2D eigenvalue weighted by Gasteiger charge is -2.27. The number of aryl methyl sites for hydroxylation is 1. The fourth-order valence-corrected chi connectivity index (χ4v) is 2.99.